The van der Waals surface area contributed by atoms with Gasteiger partial charge in [-0.15, -0.1) is 0 Å². The minimum atomic E-state index is -0.378. The maximum absolute atomic E-state index is 11.7. The van der Waals surface area contributed by atoms with E-state index in [0.29, 0.717) is 12.2 Å². The molecule has 0 atom stereocenters. The molecule has 3 aromatic carbocycles. The molecule has 0 spiro atoms. The zero-order valence-electron chi connectivity index (χ0n) is 15.2. The molecule has 0 aliphatic rings. The molecule has 0 unspecified atom stereocenters. The molecular formula is C23H18Br2O3. The smallest absolute Gasteiger partial charge is 0.337 e. The Kier molecular flexibility index (Phi) is 7.06. The summed E-state index contributed by atoms with van der Waals surface area (Å²) in [5, 5.41) is 0. The van der Waals surface area contributed by atoms with Crippen LogP contribution in [0.3, 0.4) is 0 Å². The first kappa shape index (κ1) is 20.4. The second-order valence-electron chi connectivity index (χ2n) is 5.99. The maximum Gasteiger partial charge on any atom is 0.337 e. The average Bonchev–Trinajstić information content (AvgIpc) is 2.72. The lowest BCUT2D eigenvalue weighted by Crippen LogP contribution is -2.01. The highest BCUT2D eigenvalue weighted by Gasteiger charge is 2.11. The number of benzene rings is 3. The van der Waals surface area contributed by atoms with Crippen LogP contribution in [-0.4, -0.2) is 13.1 Å². The predicted molar refractivity (Wildman–Crippen MR) is 119 cm³/mol. The number of halogens is 2. The lowest BCUT2D eigenvalue weighted by Gasteiger charge is -2.10. The van der Waals surface area contributed by atoms with Crippen LogP contribution >= 0.6 is 31.9 Å². The average molecular weight is 502 g/mol. The van der Waals surface area contributed by atoms with Crippen LogP contribution in [-0.2, 0) is 11.3 Å². The van der Waals surface area contributed by atoms with E-state index in [1.165, 1.54) is 7.11 Å². The molecule has 0 saturated heterocycles. The zero-order chi connectivity index (χ0) is 19.9. The van der Waals surface area contributed by atoms with Gasteiger partial charge in [0.25, 0.3) is 0 Å². The van der Waals surface area contributed by atoms with Crippen LogP contribution in [0.4, 0.5) is 0 Å². The van der Waals surface area contributed by atoms with E-state index >= 15 is 0 Å². The SMILES string of the molecule is COC(=O)c1cc(Br)c(/C=C/c2ccccc2OCc2ccccc2)c(Br)c1. The van der Waals surface area contributed by atoms with Crippen molar-refractivity contribution in [2.45, 2.75) is 6.61 Å². The second kappa shape index (κ2) is 9.71. The number of esters is 1. The summed E-state index contributed by atoms with van der Waals surface area (Å²) in [4.78, 5) is 11.7. The molecule has 28 heavy (non-hydrogen) atoms. The van der Waals surface area contributed by atoms with E-state index in [9.17, 15) is 4.79 Å². The summed E-state index contributed by atoms with van der Waals surface area (Å²) in [6.07, 6.45) is 3.96. The van der Waals surface area contributed by atoms with Crippen LogP contribution in [0.2, 0.25) is 0 Å². The third kappa shape index (κ3) is 5.12. The van der Waals surface area contributed by atoms with E-state index in [1.54, 1.807) is 12.1 Å². The Morgan fingerprint density at radius 2 is 1.57 bits per heavy atom. The molecular weight excluding hydrogens is 484 g/mol. The first-order valence-corrected chi connectivity index (χ1v) is 10.2. The number of para-hydroxylation sites is 1. The van der Waals surface area contributed by atoms with Gasteiger partial charge in [-0.05, 0) is 23.8 Å². The third-order valence-corrected chi connectivity index (χ3v) is 5.40. The quantitative estimate of drug-likeness (QED) is 0.277. The molecule has 0 amide bonds. The van der Waals surface area contributed by atoms with Crippen LogP contribution < -0.4 is 4.74 Å². The Morgan fingerprint density at radius 3 is 2.25 bits per heavy atom. The van der Waals surface area contributed by atoms with E-state index < -0.39 is 0 Å². The number of methoxy groups -OCH3 is 1. The summed E-state index contributed by atoms with van der Waals surface area (Å²) in [6.45, 7) is 0.507. The Bertz CT molecular complexity index is 975. The normalized spacial score (nSPS) is 10.8. The van der Waals surface area contributed by atoms with Crippen molar-refractivity contribution in [2.24, 2.45) is 0 Å². The van der Waals surface area contributed by atoms with Gasteiger partial charge in [0.05, 0.1) is 12.7 Å². The molecule has 0 heterocycles. The Balaban J connectivity index is 1.82. The lowest BCUT2D eigenvalue weighted by atomic mass is 10.1. The van der Waals surface area contributed by atoms with Crippen LogP contribution in [0.25, 0.3) is 12.2 Å². The van der Waals surface area contributed by atoms with Crippen molar-refractivity contribution in [2.75, 3.05) is 7.11 Å². The van der Waals surface area contributed by atoms with Crippen molar-refractivity contribution in [1.82, 2.24) is 0 Å². The molecule has 0 aliphatic carbocycles. The van der Waals surface area contributed by atoms with Crippen LogP contribution in [0.1, 0.15) is 27.0 Å². The van der Waals surface area contributed by atoms with Gasteiger partial charge in [-0.2, -0.15) is 0 Å². The standard InChI is InChI=1S/C23H18Br2O3/c1-27-23(26)18-13-20(24)19(21(25)14-18)12-11-17-9-5-6-10-22(17)28-15-16-7-3-2-4-8-16/h2-14H,15H2,1H3/b12-11+. The molecule has 5 heteroatoms. The molecule has 142 valence electrons. The number of carbonyl (C=O) groups excluding carboxylic acids is 1. The van der Waals surface area contributed by atoms with Gasteiger partial charge in [0, 0.05) is 20.1 Å². The highest BCUT2D eigenvalue weighted by atomic mass is 79.9. The Labute approximate surface area is 181 Å². The molecule has 0 aliphatic heterocycles. The zero-order valence-corrected chi connectivity index (χ0v) is 18.4. The van der Waals surface area contributed by atoms with E-state index in [2.05, 4.69) is 31.9 Å². The topological polar surface area (TPSA) is 35.5 Å². The van der Waals surface area contributed by atoms with E-state index in [1.807, 2.05) is 66.7 Å². The molecule has 0 aromatic heterocycles. The Morgan fingerprint density at radius 1 is 0.929 bits per heavy atom. The summed E-state index contributed by atoms with van der Waals surface area (Å²) in [7, 11) is 1.37. The third-order valence-electron chi connectivity index (χ3n) is 4.09. The van der Waals surface area contributed by atoms with Crippen LogP contribution in [0.15, 0.2) is 75.7 Å². The van der Waals surface area contributed by atoms with Crippen molar-refractivity contribution in [3.05, 3.63) is 97.9 Å². The molecule has 3 rings (SSSR count). The van der Waals surface area contributed by atoms with E-state index in [4.69, 9.17) is 9.47 Å². The summed E-state index contributed by atoms with van der Waals surface area (Å²) >= 11 is 7.06. The fraction of sp³-hybridized carbons (Fsp3) is 0.0870. The van der Waals surface area contributed by atoms with Crippen molar-refractivity contribution in [3.8, 4) is 5.75 Å². The number of hydrogen-bond donors (Lipinski definition) is 0. The maximum atomic E-state index is 11.7. The van der Waals surface area contributed by atoms with Crippen molar-refractivity contribution in [3.63, 3.8) is 0 Å². The lowest BCUT2D eigenvalue weighted by molar-refractivity contribution is 0.0600. The minimum Gasteiger partial charge on any atom is -0.488 e. The molecule has 0 N–H and O–H groups in total. The Hall–Kier alpha value is -2.37. The van der Waals surface area contributed by atoms with Gasteiger partial charge in [-0.1, -0.05) is 92.5 Å². The summed E-state index contributed by atoms with van der Waals surface area (Å²) < 4.78 is 12.4. The fourth-order valence-corrected chi connectivity index (χ4v) is 4.09. The van der Waals surface area contributed by atoms with Crippen molar-refractivity contribution >= 4 is 50.0 Å². The van der Waals surface area contributed by atoms with Gasteiger partial charge in [-0.3, -0.25) is 0 Å². The van der Waals surface area contributed by atoms with Crippen LogP contribution in [0.5, 0.6) is 5.75 Å². The summed E-state index contributed by atoms with van der Waals surface area (Å²) in [5.74, 6) is 0.428. The van der Waals surface area contributed by atoms with Gasteiger partial charge < -0.3 is 9.47 Å². The number of hydrogen-bond acceptors (Lipinski definition) is 3. The van der Waals surface area contributed by atoms with E-state index in [0.717, 1.165) is 31.4 Å². The van der Waals surface area contributed by atoms with Crippen molar-refractivity contribution in [1.29, 1.82) is 0 Å². The second-order valence-corrected chi connectivity index (χ2v) is 7.70. The number of carbonyl (C=O) groups is 1. The van der Waals surface area contributed by atoms with Gasteiger partial charge >= 0.3 is 5.97 Å². The molecule has 0 radical (unpaired) electrons. The van der Waals surface area contributed by atoms with E-state index in [-0.39, 0.29) is 5.97 Å². The highest BCUT2D eigenvalue weighted by molar-refractivity contribution is 9.11. The molecule has 0 fully saturated rings. The predicted octanol–water partition coefficient (Wildman–Crippen LogP) is 6.75. The van der Waals surface area contributed by atoms with Gasteiger partial charge in [0.1, 0.15) is 12.4 Å². The van der Waals surface area contributed by atoms with Gasteiger partial charge in [0.15, 0.2) is 0 Å². The van der Waals surface area contributed by atoms with Crippen molar-refractivity contribution < 1.29 is 14.3 Å². The first-order chi connectivity index (χ1) is 13.6. The summed E-state index contributed by atoms with van der Waals surface area (Å²) in [6, 6.07) is 21.4. The fourth-order valence-electron chi connectivity index (χ4n) is 2.64. The van der Waals surface area contributed by atoms with Crippen LogP contribution in [0, 0.1) is 0 Å². The summed E-state index contributed by atoms with van der Waals surface area (Å²) in [5.41, 5.74) is 3.48. The highest BCUT2D eigenvalue weighted by Crippen LogP contribution is 2.30. The number of rotatable bonds is 6. The first-order valence-electron chi connectivity index (χ1n) is 8.59. The molecule has 3 aromatic rings. The monoisotopic (exact) mass is 500 g/mol. The van der Waals surface area contributed by atoms with Gasteiger partial charge in [-0.25, -0.2) is 4.79 Å². The number of ether oxygens (including phenoxy) is 2. The molecule has 0 bridgehead atoms. The minimum absolute atomic E-state index is 0.378. The molecule has 0 saturated carbocycles. The van der Waals surface area contributed by atoms with Gasteiger partial charge in [0.2, 0.25) is 0 Å². The molecule has 3 nitrogen and oxygen atoms in total. The largest absolute Gasteiger partial charge is 0.488 e.